The Kier molecular flexibility index (Phi) is 6.45. The number of thiophene rings is 1. The Morgan fingerprint density at radius 1 is 1.19 bits per heavy atom. The topological polar surface area (TPSA) is 57.7 Å². The van der Waals surface area contributed by atoms with Gasteiger partial charge in [-0.05, 0) is 29.1 Å². The molecule has 0 aliphatic carbocycles. The molecule has 1 saturated heterocycles. The fourth-order valence-electron chi connectivity index (χ4n) is 2.69. The summed E-state index contributed by atoms with van der Waals surface area (Å²) in [7, 11) is -1.94. The number of halogens is 1. The highest BCUT2D eigenvalue weighted by Crippen LogP contribution is 2.28. The van der Waals surface area contributed by atoms with Gasteiger partial charge in [0.15, 0.2) is 0 Å². The van der Waals surface area contributed by atoms with Gasteiger partial charge in [0.05, 0.1) is 0 Å². The lowest BCUT2D eigenvalue weighted by atomic mass is 10.2. The Bertz CT molecular complexity index is 875. The molecule has 1 aliphatic rings. The zero-order chi connectivity index (χ0) is 18.7. The summed E-state index contributed by atoms with van der Waals surface area (Å²) in [6, 6.07) is 9.26. The maximum Gasteiger partial charge on any atom is 0.265 e. The molecule has 2 aromatic rings. The van der Waals surface area contributed by atoms with Crippen molar-refractivity contribution < 1.29 is 13.2 Å². The lowest BCUT2D eigenvalue weighted by Crippen LogP contribution is -2.38. The van der Waals surface area contributed by atoms with Gasteiger partial charge in [0.2, 0.25) is 10.0 Å². The average Bonchev–Trinajstić information content (AvgIpc) is 3.14. The summed E-state index contributed by atoms with van der Waals surface area (Å²) >= 11 is 6.32. The molecule has 0 saturated carbocycles. The number of thioether (sulfide) groups is 1. The van der Waals surface area contributed by atoms with Crippen molar-refractivity contribution in [1.82, 2.24) is 9.21 Å². The molecule has 0 spiro atoms. The lowest BCUT2D eigenvalue weighted by molar-refractivity contribution is 0.0786. The van der Waals surface area contributed by atoms with Gasteiger partial charge in [-0.3, -0.25) is 4.79 Å². The molecule has 0 unspecified atom stereocenters. The fraction of sp³-hybridized carbons (Fsp3) is 0.353. The summed E-state index contributed by atoms with van der Waals surface area (Å²) in [4.78, 5) is 14.8. The number of hydrogen-bond acceptors (Lipinski definition) is 5. The van der Waals surface area contributed by atoms with Crippen LogP contribution in [0.3, 0.4) is 0 Å². The second kappa shape index (κ2) is 8.43. The zero-order valence-electron chi connectivity index (χ0n) is 14.2. The predicted octanol–water partition coefficient (Wildman–Crippen LogP) is 3.52. The Balaban J connectivity index is 1.80. The number of sulfonamides is 1. The molecule has 2 heterocycles. The van der Waals surface area contributed by atoms with Gasteiger partial charge in [-0.2, -0.15) is 16.1 Å². The molecule has 5 nitrogen and oxygen atoms in total. The van der Waals surface area contributed by atoms with Crippen LogP contribution < -0.4 is 0 Å². The van der Waals surface area contributed by atoms with Crippen molar-refractivity contribution in [3.8, 4) is 0 Å². The van der Waals surface area contributed by atoms with E-state index in [4.69, 9.17) is 0 Å². The third kappa shape index (κ3) is 4.33. The Morgan fingerprint density at radius 3 is 2.50 bits per heavy atom. The van der Waals surface area contributed by atoms with Crippen LogP contribution in [0, 0.1) is 0 Å². The first-order valence-electron chi connectivity index (χ1n) is 8.05. The molecule has 1 amide bonds. The maximum absolute atomic E-state index is 12.9. The van der Waals surface area contributed by atoms with E-state index < -0.39 is 10.0 Å². The first kappa shape index (κ1) is 19.9. The largest absolute Gasteiger partial charge is 0.337 e. The van der Waals surface area contributed by atoms with Crippen molar-refractivity contribution in [2.45, 2.75) is 11.4 Å². The Labute approximate surface area is 170 Å². The van der Waals surface area contributed by atoms with E-state index in [0.717, 1.165) is 21.5 Å². The second-order valence-electron chi connectivity index (χ2n) is 5.92. The molecule has 3 rings (SSSR count). The van der Waals surface area contributed by atoms with Crippen molar-refractivity contribution in [2.75, 3.05) is 31.6 Å². The van der Waals surface area contributed by atoms with Crippen LogP contribution in [-0.4, -0.2) is 55.2 Å². The molecule has 1 aliphatic heterocycles. The summed E-state index contributed by atoms with van der Waals surface area (Å²) in [6.07, 6.45) is 0. The normalized spacial score (nSPS) is 15.8. The quantitative estimate of drug-likeness (QED) is 0.664. The molecule has 140 valence electrons. The number of amides is 1. The van der Waals surface area contributed by atoms with Crippen LogP contribution in [-0.2, 0) is 16.6 Å². The highest BCUT2D eigenvalue weighted by molar-refractivity contribution is 9.10. The number of carbonyl (C=O) groups is 1. The van der Waals surface area contributed by atoms with Crippen LogP contribution in [0.2, 0.25) is 0 Å². The SMILES string of the molecule is CN(Cc1ccc(Br)cc1)C(=O)c1sccc1S(=O)(=O)N1CCSCC1. The summed E-state index contributed by atoms with van der Waals surface area (Å²) < 4.78 is 28.3. The summed E-state index contributed by atoms with van der Waals surface area (Å²) in [5, 5.41) is 1.67. The number of carbonyl (C=O) groups excluding carboxylic acids is 1. The van der Waals surface area contributed by atoms with E-state index in [1.54, 1.807) is 35.2 Å². The van der Waals surface area contributed by atoms with Crippen molar-refractivity contribution in [3.63, 3.8) is 0 Å². The van der Waals surface area contributed by atoms with E-state index in [-0.39, 0.29) is 15.7 Å². The number of nitrogens with zero attached hydrogens (tertiary/aromatic N) is 2. The molecule has 9 heteroatoms. The molecule has 0 radical (unpaired) electrons. The van der Waals surface area contributed by atoms with Crippen LogP contribution in [0.25, 0.3) is 0 Å². The minimum atomic E-state index is -3.63. The van der Waals surface area contributed by atoms with Crippen LogP contribution in [0.15, 0.2) is 45.1 Å². The molecule has 0 bridgehead atoms. The molecule has 1 fully saturated rings. The highest BCUT2D eigenvalue weighted by Gasteiger charge is 2.32. The van der Waals surface area contributed by atoms with Crippen LogP contribution in [0.4, 0.5) is 0 Å². The zero-order valence-corrected chi connectivity index (χ0v) is 18.3. The summed E-state index contributed by atoms with van der Waals surface area (Å²) in [5.74, 6) is 1.31. The van der Waals surface area contributed by atoms with Crippen molar-refractivity contribution >= 4 is 55.0 Å². The third-order valence-electron chi connectivity index (χ3n) is 4.09. The van der Waals surface area contributed by atoms with Crippen LogP contribution in [0.5, 0.6) is 0 Å². The van der Waals surface area contributed by atoms with Gasteiger partial charge in [0.25, 0.3) is 5.91 Å². The third-order valence-corrected chi connectivity index (χ3v) is 8.53. The van der Waals surface area contributed by atoms with Gasteiger partial charge in [0.1, 0.15) is 9.77 Å². The molecule has 0 N–H and O–H groups in total. The van der Waals surface area contributed by atoms with E-state index in [0.29, 0.717) is 19.6 Å². The Morgan fingerprint density at radius 2 is 1.85 bits per heavy atom. The maximum atomic E-state index is 12.9. The molecular formula is C17H19BrN2O3S3. The van der Waals surface area contributed by atoms with E-state index >= 15 is 0 Å². The number of rotatable bonds is 5. The molecule has 1 aromatic carbocycles. The van der Waals surface area contributed by atoms with Gasteiger partial charge in [0, 0.05) is 42.7 Å². The van der Waals surface area contributed by atoms with E-state index in [9.17, 15) is 13.2 Å². The molecule has 1 aromatic heterocycles. The standard InChI is InChI=1S/C17H19BrN2O3S3/c1-19(12-13-2-4-14(18)5-3-13)17(21)16-15(6-9-25-16)26(22,23)20-7-10-24-11-8-20/h2-6,9H,7-8,10-12H2,1H3. The van der Waals surface area contributed by atoms with Gasteiger partial charge < -0.3 is 4.90 Å². The highest BCUT2D eigenvalue weighted by atomic mass is 79.9. The smallest absolute Gasteiger partial charge is 0.265 e. The Hall–Kier alpha value is -0.870. The molecular weight excluding hydrogens is 456 g/mol. The van der Waals surface area contributed by atoms with E-state index in [1.165, 1.54) is 15.6 Å². The monoisotopic (exact) mass is 474 g/mol. The average molecular weight is 475 g/mol. The van der Waals surface area contributed by atoms with Crippen molar-refractivity contribution in [3.05, 3.63) is 50.6 Å². The van der Waals surface area contributed by atoms with Crippen LogP contribution >= 0.6 is 39.0 Å². The summed E-state index contributed by atoms with van der Waals surface area (Å²) in [6.45, 7) is 1.40. The lowest BCUT2D eigenvalue weighted by Gasteiger charge is -2.26. The predicted molar refractivity (Wildman–Crippen MR) is 110 cm³/mol. The molecule has 0 atom stereocenters. The van der Waals surface area contributed by atoms with Gasteiger partial charge in [-0.1, -0.05) is 28.1 Å². The van der Waals surface area contributed by atoms with Gasteiger partial charge in [-0.25, -0.2) is 8.42 Å². The number of hydrogen-bond donors (Lipinski definition) is 0. The second-order valence-corrected chi connectivity index (χ2v) is 10.9. The number of benzene rings is 1. The van der Waals surface area contributed by atoms with E-state index in [1.807, 2.05) is 24.3 Å². The fourth-order valence-corrected chi connectivity index (χ4v) is 6.92. The minimum Gasteiger partial charge on any atom is -0.337 e. The van der Waals surface area contributed by atoms with E-state index in [2.05, 4.69) is 15.9 Å². The van der Waals surface area contributed by atoms with Gasteiger partial charge in [-0.15, -0.1) is 11.3 Å². The van der Waals surface area contributed by atoms with Crippen LogP contribution in [0.1, 0.15) is 15.2 Å². The minimum absolute atomic E-state index is 0.127. The first-order chi connectivity index (χ1) is 12.4. The molecule has 26 heavy (non-hydrogen) atoms. The van der Waals surface area contributed by atoms with Crippen molar-refractivity contribution in [2.24, 2.45) is 0 Å². The van der Waals surface area contributed by atoms with Gasteiger partial charge >= 0.3 is 0 Å². The van der Waals surface area contributed by atoms with Crippen molar-refractivity contribution in [1.29, 1.82) is 0 Å². The first-order valence-corrected chi connectivity index (χ1v) is 12.3. The summed E-state index contributed by atoms with van der Waals surface area (Å²) in [5.41, 5.74) is 0.984.